The van der Waals surface area contributed by atoms with Crippen LogP contribution in [0, 0.1) is 5.92 Å². The number of nitrogens with zero attached hydrogens (tertiary/aromatic N) is 2. The Labute approximate surface area is 78.6 Å². The molecule has 0 atom stereocenters. The van der Waals surface area contributed by atoms with Crippen LogP contribution in [0.4, 0.5) is 0 Å². The van der Waals surface area contributed by atoms with Gasteiger partial charge in [0.25, 0.3) is 0 Å². The Balaban J connectivity index is 2.55. The van der Waals surface area contributed by atoms with Crippen molar-refractivity contribution in [3.05, 3.63) is 18.0 Å². The second-order valence-corrected chi connectivity index (χ2v) is 3.52. The number of hydrogen-bond donors (Lipinski definition) is 1. The van der Waals surface area contributed by atoms with Gasteiger partial charge in [-0.25, -0.2) is 5.90 Å². The molecule has 0 bridgehead atoms. The van der Waals surface area contributed by atoms with Gasteiger partial charge in [-0.05, 0) is 12.0 Å². The van der Waals surface area contributed by atoms with Gasteiger partial charge in [0, 0.05) is 24.9 Å². The van der Waals surface area contributed by atoms with Crippen molar-refractivity contribution in [3.63, 3.8) is 0 Å². The molecule has 0 spiro atoms. The minimum atomic E-state index is 0.545. The molecule has 1 aromatic heterocycles. The molecule has 0 aliphatic carbocycles. The molecule has 2 N–H and O–H groups in total. The average molecular weight is 183 g/mol. The van der Waals surface area contributed by atoms with Gasteiger partial charge in [0.05, 0.1) is 6.61 Å². The molecule has 0 amide bonds. The first-order valence-electron chi connectivity index (χ1n) is 4.56. The van der Waals surface area contributed by atoms with E-state index in [1.807, 2.05) is 16.9 Å². The van der Waals surface area contributed by atoms with E-state index in [2.05, 4.69) is 23.8 Å². The molecular weight excluding hydrogens is 166 g/mol. The average Bonchev–Trinajstić information content (AvgIpc) is 2.48. The first-order chi connectivity index (χ1) is 6.24. The Kier molecular flexibility index (Phi) is 3.92. The maximum atomic E-state index is 4.97. The van der Waals surface area contributed by atoms with Gasteiger partial charge in [-0.3, -0.25) is 4.68 Å². The van der Waals surface area contributed by atoms with E-state index in [0.29, 0.717) is 12.5 Å². The van der Waals surface area contributed by atoms with E-state index in [-0.39, 0.29) is 0 Å². The van der Waals surface area contributed by atoms with Crippen molar-refractivity contribution in [1.29, 1.82) is 0 Å². The van der Waals surface area contributed by atoms with Gasteiger partial charge in [-0.2, -0.15) is 5.10 Å². The molecule has 0 aromatic carbocycles. The summed E-state index contributed by atoms with van der Waals surface area (Å²) in [5.41, 5.74) is 1.18. The second kappa shape index (κ2) is 4.99. The van der Waals surface area contributed by atoms with E-state index >= 15 is 0 Å². The molecule has 4 heteroatoms. The van der Waals surface area contributed by atoms with Crippen molar-refractivity contribution in [2.75, 3.05) is 6.61 Å². The zero-order chi connectivity index (χ0) is 9.68. The van der Waals surface area contributed by atoms with Crippen LogP contribution in [0.1, 0.15) is 19.5 Å². The largest absolute Gasteiger partial charge is 0.304 e. The highest BCUT2D eigenvalue weighted by atomic mass is 16.6. The van der Waals surface area contributed by atoms with Crippen LogP contribution in [-0.2, 0) is 17.8 Å². The summed E-state index contributed by atoms with van der Waals surface area (Å²) >= 11 is 0. The summed E-state index contributed by atoms with van der Waals surface area (Å²) in [6.07, 6.45) is 2.64. The summed E-state index contributed by atoms with van der Waals surface area (Å²) in [5, 5.41) is 4.23. The first kappa shape index (κ1) is 10.2. The summed E-state index contributed by atoms with van der Waals surface area (Å²) < 4.78 is 2.00. The molecule has 0 unspecified atom stereocenters. The van der Waals surface area contributed by atoms with Crippen LogP contribution < -0.4 is 5.90 Å². The molecule has 1 rings (SSSR count). The number of hydrogen-bond acceptors (Lipinski definition) is 3. The summed E-state index contributed by atoms with van der Waals surface area (Å²) in [6.45, 7) is 5.84. The summed E-state index contributed by atoms with van der Waals surface area (Å²) in [6, 6.07) is 2.00. The molecule has 4 nitrogen and oxygen atoms in total. The van der Waals surface area contributed by atoms with Crippen LogP contribution >= 0.6 is 0 Å². The SMILES string of the molecule is CC(C)Cn1nccc1CCON. The standard InChI is InChI=1S/C9H17N3O/c1-8(2)7-12-9(3-5-11-12)4-6-13-10/h3,5,8H,4,6-7,10H2,1-2H3. The topological polar surface area (TPSA) is 53.1 Å². The molecule has 74 valence electrons. The maximum Gasteiger partial charge on any atom is 0.0734 e. The lowest BCUT2D eigenvalue weighted by atomic mass is 10.2. The van der Waals surface area contributed by atoms with Crippen molar-refractivity contribution in [1.82, 2.24) is 9.78 Å². The van der Waals surface area contributed by atoms with Crippen molar-refractivity contribution in [3.8, 4) is 0 Å². The minimum absolute atomic E-state index is 0.545. The van der Waals surface area contributed by atoms with E-state index < -0.39 is 0 Å². The fourth-order valence-electron chi connectivity index (χ4n) is 1.25. The van der Waals surface area contributed by atoms with E-state index in [0.717, 1.165) is 13.0 Å². The van der Waals surface area contributed by atoms with Gasteiger partial charge in [-0.1, -0.05) is 13.8 Å². The predicted molar refractivity (Wildman–Crippen MR) is 50.9 cm³/mol. The lowest BCUT2D eigenvalue weighted by molar-refractivity contribution is 0.139. The Morgan fingerprint density at radius 3 is 3.00 bits per heavy atom. The zero-order valence-corrected chi connectivity index (χ0v) is 8.23. The molecule has 1 heterocycles. The highest BCUT2D eigenvalue weighted by molar-refractivity contribution is 5.00. The molecule has 0 radical (unpaired) electrons. The van der Waals surface area contributed by atoms with Gasteiger partial charge in [-0.15, -0.1) is 0 Å². The van der Waals surface area contributed by atoms with Crippen LogP contribution in [0.2, 0.25) is 0 Å². The van der Waals surface area contributed by atoms with Gasteiger partial charge in [0.1, 0.15) is 0 Å². The minimum Gasteiger partial charge on any atom is -0.304 e. The van der Waals surface area contributed by atoms with Crippen LogP contribution in [0.3, 0.4) is 0 Å². The second-order valence-electron chi connectivity index (χ2n) is 3.52. The van der Waals surface area contributed by atoms with Crippen molar-refractivity contribution in [2.24, 2.45) is 11.8 Å². The third kappa shape index (κ3) is 3.16. The highest BCUT2D eigenvalue weighted by Gasteiger charge is 2.03. The van der Waals surface area contributed by atoms with Gasteiger partial charge >= 0.3 is 0 Å². The van der Waals surface area contributed by atoms with E-state index in [9.17, 15) is 0 Å². The van der Waals surface area contributed by atoms with E-state index in [1.54, 1.807) is 0 Å². The third-order valence-electron chi connectivity index (χ3n) is 1.82. The lowest BCUT2D eigenvalue weighted by Crippen LogP contribution is -2.12. The Morgan fingerprint density at radius 1 is 1.62 bits per heavy atom. The van der Waals surface area contributed by atoms with Gasteiger partial charge in [0.2, 0.25) is 0 Å². The third-order valence-corrected chi connectivity index (χ3v) is 1.82. The summed E-state index contributed by atoms with van der Waals surface area (Å²) in [4.78, 5) is 4.53. The molecule has 1 aromatic rings. The molecule has 0 fully saturated rings. The van der Waals surface area contributed by atoms with Crippen molar-refractivity contribution >= 4 is 0 Å². The molecule has 0 saturated carbocycles. The number of rotatable bonds is 5. The van der Waals surface area contributed by atoms with Crippen molar-refractivity contribution < 1.29 is 4.84 Å². The molecule has 0 aliphatic rings. The Morgan fingerprint density at radius 2 is 2.38 bits per heavy atom. The number of aromatic nitrogens is 2. The van der Waals surface area contributed by atoms with Gasteiger partial charge in [0.15, 0.2) is 0 Å². The van der Waals surface area contributed by atoms with Gasteiger partial charge < -0.3 is 4.84 Å². The molecule has 13 heavy (non-hydrogen) atoms. The van der Waals surface area contributed by atoms with Crippen molar-refractivity contribution in [2.45, 2.75) is 26.8 Å². The molecule has 0 saturated heterocycles. The fraction of sp³-hybridized carbons (Fsp3) is 0.667. The fourth-order valence-corrected chi connectivity index (χ4v) is 1.25. The summed E-state index contributed by atoms with van der Waals surface area (Å²) in [5.74, 6) is 5.58. The predicted octanol–water partition coefficient (Wildman–Crippen LogP) is 0.972. The summed E-state index contributed by atoms with van der Waals surface area (Å²) in [7, 11) is 0. The lowest BCUT2D eigenvalue weighted by Gasteiger charge is -2.08. The molecule has 0 aliphatic heterocycles. The van der Waals surface area contributed by atoms with E-state index in [4.69, 9.17) is 5.90 Å². The maximum absolute atomic E-state index is 4.97. The Bertz CT molecular complexity index is 245. The highest BCUT2D eigenvalue weighted by Crippen LogP contribution is 2.04. The van der Waals surface area contributed by atoms with E-state index in [1.165, 1.54) is 5.69 Å². The Hall–Kier alpha value is -0.870. The monoisotopic (exact) mass is 183 g/mol. The number of nitrogens with two attached hydrogens (primary N) is 1. The van der Waals surface area contributed by atoms with Crippen LogP contribution in [0.25, 0.3) is 0 Å². The van der Waals surface area contributed by atoms with Crippen LogP contribution in [0.15, 0.2) is 12.3 Å². The molecular formula is C9H17N3O. The quantitative estimate of drug-likeness (QED) is 0.692. The van der Waals surface area contributed by atoms with Crippen LogP contribution in [-0.4, -0.2) is 16.4 Å². The smallest absolute Gasteiger partial charge is 0.0734 e. The first-order valence-corrected chi connectivity index (χ1v) is 4.56. The van der Waals surface area contributed by atoms with Crippen LogP contribution in [0.5, 0.6) is 0 Å². The normalized spacial score (nSPS) is 11.1. The zero-order valence-electron chi connectivity index (χ0n) is 8.23.